The van der Waals surface area contributed by atoms with Gasteiger partial charge < -0.3 is 10.2 Å². The summed E-state index contributed by atoms with van der Waals surface area (Å²) in [6.07, 6.45) is 9.18. The number of nitrogens with zero attached hydrogens (tertiary/aromatic N) is 1. The molecule has 0 bridgehead atoms. The highest BCUT2D eigenvalue weighted by molar-refractivity contribution is 5.95. The third kappa shape index (κ3) is 5.55. The summed E-state index contributed by atoms with van der Waals surface area (Å²) in [5.74, 6) is 0.415. The van der Waals surface area contributed by atoms with E-state index in [1.54, 1.807) is 0 Å². The van der Waals surface area contributed by atoms with Crippen LogP contribution in [-0.2, 0) is 0 Å². The lowest BCUT2D eigenvalue weighted by atomic mass is 9.89. The number of rotatable bonds is 4. The molecule has 2 aliphatic rings. The van der Waals surface area contributed by atoms with Gasteiger partial charge in [-0.2, -0.15) is 0 Å². The van der Waals surface area contributed by atoms with Crippen molar-refractivity contribution in [1.29, 1.82) is 0 Å². The Balaban J connectivity index is 1.42. The molecule has 2 amide bonds. The summed E-state index contributed by atoms with van der Waals surface area (Å²) in [5, 5.41) is 3.25. The standard InChI is InChI=1S/C27H34N2O2/c1-20-13-15-21(16-14-20)27(31)29-17-7-10-24(19-29)22-8-6-9-23(18-22)26(30)28-25-11-4-2-3-5-12-25/h6,8-9,13-16,18,24-25H,2-5,7,10-12,17,19H2,1H3,(H,28,30). The summed E-state index contributed by atoms with van der Waals surface area (Å²) in [6, 6.07) is 16.2. The molecular formula is C27H34N2O2. The SMILES string of the molecule is Cc1ccc(C(=O)N2CCCC(c3cccc(C(=O)NC4CCCCCC4)c3)C2)cc1. The number of piperidine rings is 1. The van der Waals surface area contributed by atoms with Crippen molar-refractivity contribution in [2.24, 2.45) is 0 Å². The molecule has 164 valence electrons. The van der Waals surface area contributed by atoms with Crippen molar-refractivity contribution in [3.05, 3.63) is 70.8 Å². The molecule has 1 heterocycles. The number of carbonyl (C=O) groups is 2. The van der Waals surface area contributed by atoms with Crippen LogP contribution in [0.4, 0.5) is 0 Å². The summed E-state index contributed by atoms with van der Waals surface area (Å²) in [4.78, 5) is 27.8. The first-order valence-corrected chi connectivity index (χ1v) is 11.9. The zero-order chi connectivity index (χ0) is 21.6. The molecule has 1 saturated carbocycles. The maximum atomic E-state index is 13.0. The number of nitrogens with one attached hydrogen (secondary N) is 1. The molecule has 1 atom stereocenters. The van der Waals surface area contributed by atoms with Gasteiger partial charge in [-0.3, -0.25) is 9.59 Å². The van der Waals surface area contributed by atoms with Gasteiger partial charge in [-0.25, -0.2) is 0 Å². The van der Waals surface area contributed by atoms with Crippen molar-refractivity contribution in [2.75, 3.05) is 13.1 Å². The zero-order valence-corrected chi connectivity index (χ0v) is 18.6. The second-order valence-electron chi connectivity index (χ2n) is 9.24. The maximum Gasteiger partial charge on any atom is 0.253 e. The van der Waals surface area contributed by atoms with Crippen molar-refractivity contribution in [3.63, 3.8) is 0 Å². The van der Waals surface area contributed by atoms with Crippen LogP contribution in [0.1, 0.15) is 89.1 Å². The predicted molar refractivity (Wildman–Crippen MR) is 124 cm³/mol. The number of benzene rings is 2. The number of amides is 2. The predicted octanol–water partition coefficient (Wildman–Crippen LogP) is 5.47. The van der Waals surface area contributed by atoms with Crippen LogP contribution >= 0.6 is 0 Å². The van der Waals surface area contributed by atoms with Gasteiger partial charge in [0, 0.05) is 36.2 Å². The Morgan fingerprint density at radius 3 is 2.35 bits per heavy atom. The van der Waals surface area contributed by atoms with Gasteiger partial charge in [-0.15, -0.1) is 0 Å². The number of aryl methyl sites for hydroxylation is 1. The minimum Gasteiger partial charge on any atom is -0.349 e. The fraction of sp³-hybridized carbons (Fsp3) is 0.481. The molecule has 2 aromatic carbocycles. The van der Waals surface area contributed by atoms with E-state index in [1.807, 2.05) is 54.3 Å². The van der Waals surface area contributed by atoms with E-state index in [2.05, 4.69) is 11.4 Å². The molecule has 0 radical (unpaired) electrons. The Kier molecular flexibility index (Phi) is 7.06. The minimum atomic E-state index is 0.0390. The van der Waals surface area contributed by atoms with Crippen molar-refractivity contribution in [3.8, 4) is 0 Å². The van der Waals surface area contributed by atoms with E-state index in [0.29, 0.717) is 12.6 Å². The second kappa shape index (κ2) is 10.1. The molecule has 1 N–H and O–H groups in total. The van der Waals surface area contributed by atoms with Gasteiger partial charge in [0.15, 0.2) is 0 Å². The minimum absolute atomic E-state index is 0.0390. The smallest absolute Gasteiger partial charge is 0.253 e. The molecule has 1 aliphatic carbocycles. The van der Waals surface area contributed by atoms with E-state index >= 15 is 0 Å². The molecule has 1 aliphatic heterocycles. The largest absolute Gasteiger partial charge is 0.349 e. The average Bonchev–Trinajstić information content (AvgIpc) is 3.08. The Hall–Kier alpha value is -2.62. The summed E-state index contributed by atoms with van der Waals surface area (Å²) in [5.41, 5.74) is 3.81. The van der Waals surface area contributed by atoms with Gasteiger partial charge in [-0.05, 0) is 62.4 Å². The molecule has 4 nitrogen and oxygen atoms in total. The maximum absolute atomic E-state index is 13.0. The monoisotopic (exact) mass is 418 g/mol. The Morgan fingerprint density at radius 1 is 0.871 bits per heavy atom. The van der Waals surface area contributed by atoms with Crippen molar-refractivity contribution in [1.82, 2.24) is 10.2 Å². The molecule has 2 aromatic rings. The van der Waals surface area contributed by atoms with Crippen LogP contribution in [0.2, 0.25) is 0 Å². The molecular weight excluding hydrogens is 384 g/mol. The van der Waals surface area contributed by atoms with E-state index in [1.165, 1.54) is 25.7 Å². The molecule has 1 unspecified atom stereocenters. The van der Waals surface area contributed by atoms with Crippen LogP contribution < -0.4 is 5.32 Å². The zero-order valence-electron chi connectivity index (χ0n) is 18.6. The quantitative estimate of drug-likeness (QED) is 0.670. The van der Waals surface area contributed by atoms with E-state index in [4.69, 9.17) is 0 Å². The van der Waals surface area contributed by atoms with E-state index in [-0.39, 0.29) is 17.7 Å². The van der Waals surface area contributed by atoms with Gasteiger partial charge in [0.1, 0.15) is 0 Å². The fourth-order valence-electron chi connectivity index (χ4n) is 4.94. The third-order valence-corrected chi connectivity index (χ3v) is 6.82. The van der Waals surface area contributed by atoms with Crippen molar-refractivity contribution < 1.29 is 9.59 Å². The highest BCUT2D eigenvalue weighted by atomic mass is 16.2. The lowest BCUT2D eigenvalue weighted by Crippen LogP contribution is -2.39. The van der Waals surface area contributed by atoms with Crippen LogP contribution in [0.15, 0.2) is 48.5 Å². The molecule has 4 rings (SSSR count). The van der Waals surface area contributed by atoms with Crippen LogP contribution in [0.5, 0.6) is 0 Å². The molecule has 0 spiro atoms. The molecule has 4 heteroatoms. The molecule has 0 aromatic heterocycles. The molecule has 2 fully saturated rings. The first kappa shape index (κ1) is 21.6. The lowest BCUT2D eigenvalue weighted by Gasteiger charge is -2.33. The van der Waals surface area contributed by atoms with Gasteiger partial charge >= 0.3 is 0 Å². The van der Waals surface area contributed by atoms with Gasteiger partial charge in [0.05, 0.1) is 0 Å². The Morgan fingerprint density at radius 2 is 1.61 bits per heavy atom. The highest BCUT2D eigenvalue weighted by Gasteiger charge is 2.26. The summed E-state index contributed by atoms with van der Waals surface area (Å²) >= 11 is 0. The normalized spacial score (nSPS) is 20.2. The first-order valence-electron chi connectivity index (χ1n) is 11.9. The molecule has 31 heavy (non-hydrogen) atoms. The highest BCUT2D eigenvalue weighted by Crippen LogP contribution is 2.28. The van der Waals surface area contributed by atoms with Crippen LogP contribution in [0.3, 0.4) is 0 Å². The first-order chi connectivity index (χ1) is 15.1. The number of likely N-dealkylation sites (tertiary alicyclic amines) is 1. The van der Waals surface area contributed by atoms with Crippen LogP contribution in [0.25, 0.3) is 0 Å². The summed E-state index contributed by atoms with van der Waals surface area (Å²) in [6.45, 7) is 3.54. The van der Waals surface area contributed by atoms with Crippen molar-refractivity contribution in [2.45, 2.75) is 70.3 Å². The van der Waals surface area contributed by atoms with Crippen molar-refractivity contribution >= 4 is 11.8 Å². The lowest BCUT2D eigenvalue weighted by molar-refractivity contribution is 0.0706. The average molecular weight is 419 g/mol. The number of carbonyl (C=O) groups excluding carboxylic acids is 2. The summed E-state index contributed by atoms with van der Waals surface area (Å²) in [7, 11) is 0. The van der Waals surface area contributed by atoms with Crippen LogP contribution in [-0.4, -0.2) is 35.8 Å². The number of hydrogen-bond acceptors (Lipinski definition) is 2. The topological polar surface area (TPSA) is 49.4 Å². The number of hydrogen-bond donors (Lipinski definition) is 1. The Labute approximate surface area is 186 Å². The van der Waals surface area contributed by atoms with Gasteiger partial charge in [0.2, 0.25) is 0 Å². The fourth-order valence-corrected chi connectivity index (χ4v) is 4.94. The Bertz CT molecular complexity index is 898. The van der Waals surface area contributed by atoms with E-state index in [9.17, 15) is 9.59 Å². The van der Waals surface area contributed by atoms with E-state index < -0.39 is 0 Å². The van der Waals surface area contributed by atoms with Crippen LogP contribution in [0, 0.1) is 6.92 Å². The second-order valence-corrected chi connectivity index (χ2v) is 9.24. The van der Waals surface area contributed by atoms with Gasteiger partial charge in [-0.1, -0.05) is 55.5 Å². The molecule has 1 saturated heterocycles. The van der Waals surface area contributed by atoms with E-state index in [0.717, 1.165) is 54.5 Å². The summed E-state index contributed by atoms with van der Waals surface area (Å²) < 4.78 is 0. The van der Waals surface area contributed by atoms with Gasteiger partial charge in [0.25, 0.3) is 11.8 Å². The third-order valence-electron chi connectivity index (χ3n) is 6.82.